The summed E-state index contributed by atoms with van der Waals surface area (Å²) >= 11 is 3.50. The van der Waals surface area contributed by atoms with Crippen molar-refractivity contribution in [3.63, 3.8) is 0 Å². The zero-order valence-corrected chi connectivity index (χ0v) is 14.1. The van der Waals surface area contributed by atoms with E-state index in [2.05, 4.69) is 28.2 Å². The van der Waals surface area contributed by atoms with E-state index in [0.29, 0.717) is 19.6 Å². The van der Waals surface area contributed by atoms with Crippen LogP contribution in [0.15, 0.2) is 22.7 Å². The molecule has 0 spiro atoms. The van der Waals surface area contributed by atoms with E-state index >= 15 is 0 Å². The van der Waals surface area contributed by atoms with Gasteiger partial charge in [0.1, 0.15) is 11.5 Å². The topological polar surface area (TPSA) is 47.6 Å². The third kappa shape index (κ3) is 4.28. The van der Waals surface area contributed by atoms with E-state index in [-0.39, 0.29) is 17.7 Å². The molecule has 1 aliphatic heterocycles. The fraction of sp³-hybridized carbons (Fsp3) is 0.562. The lowest BCUT2D eigenvalue weighted by Gasteiger charge is -2.18. The first-order chi connectivity index (χ1) is 10.2. The van der Waals surface area contributed by atoms with Gasteiger partial charge in [-0.15, -0.1) is 0 Å². The van der Waals surface area contributed by atoms with Crippen molar-refractivity contribution in [3.8, 4) is 5.75 Å². The van der Waals surface area contributed by atoms with Gasteiger partial charge in [0.25, 0.3) is 0 Å². The van der Waals surface area contributed by atoms with Crippen LogP contribution in [0.3, 0.4) is 0 Å². The standard InChI is InChI=1S/C16H22BrNO3/c1-3-6-18-15-10-21-9-13(15)16(19)8-11-7-12(20-2)4-5-14(11)17/h4-5,7,13,15,18H,3,6,8-10H2,1-2H3. The Morgan fingerprint density at radius 3 is 3.00 bits per heavy atom. The SMILES string of the molecule is CCCNC1COCC1C(=O)Cc1cc(OC)ccc1Br. The second kappa shape index (κ2) is 7.92. The first-order valence-electron chi connectivity index (χ1n) is 7.32. The monoisotopic (exact) mass is 355 g/mol. The van der Waals surface area contributed by atoms with Gasteiger partial charge in [-0.05, 0) is 36.7 Å². The predicted octanol–water partition coefficient (Wildman–Crippen LogP) is 2.58. The first-order valence-corrected chi connectivity index (χ1v) is 8.11. The highest BCUT2D eigenvalue weighted by molar-refractivity contribution is 9.10. The lowest BCUT2D eigenvalue weighted by atomic mass is 9.93. The Morgan fingerprint density at radius 2 is 2.29 bits per heavy atom. The molecule has 0 bridgehead atoms. The van der Waals surface area contributed by atoms with E-state index < -0.39 is 0 Å². The predicted molar refractivity (Wildman–Crippen MR) is 85.8 cm³/mol. The molecule has 5 heteroatoms. The van der Waals surface area contributed by atoms with Gasteiger partial charge in [0.05, 0.1) is 26.2 Å². The summed E-state index contributed by atoms with van der Waals surface area (Å²) in [6.45, 7) is 4.17. The van der Waals surface area contributed by atoms with Crippen molar-refractivity contribution in [1.82, 2.24) is 5.32 Å². The molecule has 1 saturated heterocycles. The van der Waals surface area contributed by atoms with E-state index in [9.17, 15) is 4.79 Å². The molecule has 0 saturated carbocycles. The lowest BCUT2D eigenvalue weighted by molar-refractivity contribution is -0.122. The molecule has 1 aromatic rings. The van der Waals surface area contributed by atoms with Crippen LogP contribution in [0.1, 0.15) is 18.9 Å². The van der Waals surface area contributed by atoms with E-state index in [1.165, 1.54) is 0 Å². The maximum Gasteiger partial charge on any atom is 0.144 e. The van der Waals surface area contributed by atoms with E-state index in [4.69, 9.17) is 9.47 Å². The average molecular weight is 356 g/mol. The molecule has 1 heterocycles. The van der Waals surface area contributed by atoms with Crippen molar-refractivity contribution in [1.29, 1.82) is 0 Å². The number of hydrogen-bond acceptors (Lipinski definition) is 4. The van der Waals surface area contributed by atoms with E-state index in [1.54, 1.807) is 7.11 Å². The zero-order valence-electron chi connectivity index (χ0n) is 12.5. The highest BCUT2D eigenvalue weighted by Crippen LogP contribution is 2.25. The molecular formula is C16H22BrNO3. The quantitative estimate of drug-likeness (QED) is 0.816. The summed E-state index contributed by atoms with van der Waals surface area (Å²) in [4.78, 5) is 12.6. The van der Waals surface area contributed by atoms with Crippen LogP contribution in [0.4, 0.5) is 0 Å². The smallest absolute Gasteiger partial charge is 0.144 e. The van der Waals surface area contributed by atoms with Crippen LogP contribution in [0.25, 0.3) is 0 Å². The van der Waals surface area contributed by atoms with Gasteiger partial charge in [-0.2, -0.15) is 0 Å². The number of hydrogen-bond donors (Lipinski definition) is 1. The lowest BCUT2D eigenvalue weighted by Crippen LogP contribution is -2.40. The summed E-state index contributed by atoms with van der Waals surface area (Å²) < 4.78 is 11.6. The number of methoxy groups -OCH3 is 1. The summed E-state index contributed by atoms with van der Waals surface area (Å²) in [5.41, 5.74) is 0.959. The van der Waals surface area contributed by atoms with Gasteiger partial charge in [0, 0.05) is 16.9 Å². The summed E-state index contributed by atoms with van der Waals surface area (Å²) in [5.74, 6) is 0.925. The zero-order chi connectivity index (χ0) is 15.2. The molecule has 2 atom stereocenters. The third-order valence-electron chi connectivity index (χ3n) is 3.77. The van der Waals surface area contributed by atoms with Crippen LogP contribution in [0.5, 0.6) is 5.75 Å². The Labute approximate surface area is 134 Å². The number of halogens is 1. The number of nitrogens with one attached hydrogen (secondary N) is 1. The van der Waals surface area contributed by atoms with Crippen LogP contribution in [-0.2, 0) is 16.0 Å². The Bertz CT molecular complexity index is 492. The van der Waals surface area contributed by atoms with Gasteiger partial charge in [0.2, 0.25) is 0 Å². The molecule has 0 aliphatic carbocycles. The normalized spacial score (nSPS) is 21.5. The van der Waals surface area contributed by atoms with Crippen molar-refractivity contribution in [2.75, 3.05) is 26.9 Å². The van der Waals surface area contributed by atoms with Gasteiger partial charge < -0.3 is 14.8 Å². The van der Waals surface area contributed by atoms with Crippen molar-refractivity contribution in [2.24, 2.45) is 5.92 Å². The molecule has 0 aromatic heterocycles. The summed E-state index contributed by atoms with van der Waals surface area (Å²) in [6.07, 6.45) is 1.45. The number of Topliss-reactive ketones (excluding diaryl/α,β-unsaturated/α-hetero) is 1. The Balaban J connectivity index is 2.03. The van der Waals surface area contributed by atoms with Crippen molar-refractivity contribution in [3.05, 3.63) is 28.2 Å². The minimum atomic E-state index is -0.0605. The molecular weight excluding hydrogens is 334 g/mol. The molecule has 116 valence electrons. The fourth-order valence-corrected chi connectivity index (χ4v) is 2.92. The van der Waals surface area contributed by atoms with Gasteiger partial charge in [-0.25, -0.2) is 0 Å². The number of carbonyl (C=O) groups is 1. The Morgan fingerprint density at radius 1 is 1.48 bits per heavy atom. The second-order valence-corrected chi connectivity index (χ2v) is 6.16. The maximum absolute atomic E-state index is 12.6. The Kier molecular flexibility index (Phi) is 6.21. The summed E-state index contributed by atoms with van der Waals surface area (Å²) in [6, 6.07) is 5.84. The number of benzene rings is 1. The average Bonchev–Trinajstić information content (AvgIpc) is 2.95. The van der Waals surface area contributed by atoms with Crippen LogP contribution < -0.4 is 10.1 Å². The second-order valence-electron chi connectivity index (χ2n) is 5.30. The van der Waals surface area contributed by atoms with Crippen molar-refractivity contribution < 1.29 is 14.3 Å². The minimum Gasteiger partial charge on any atom is -0.497 e. The van der Waals surface area contributed by atoms with E-state index in [1.807, 2.05) is 18.2 Å². The van der Waals surface area contributed by atoms with Crippen molar-refractivity contribution in [2.45, 2.75) is 25.8 Å². The van der Waals surface area contributed by atoms with Gasteiger partial charge >= 0.3 is 0 Å². The molecule has 2 unspecified atom stereocenters. The molecule has 21 heavy (non-hydrogen) atoms. The molecule has 1 N–H and O–H groups in total. The summed E-state index contributed by atoms with van der Waals surface area (Å²) in [5, 5.41) is 3.40. The molecule has 0 amide bonds. The number of rotatable bonds is 7. The van der Waals surface area contributed by atoms with Gasteiger partial charge in [-0.3, -0.25) is 4.79 Å². The molecule has 1 aromatic carbocycles. The first kappa shape index (κ1) is 16.5. The maximum atomic E-state index is 12.6. The highest BCUT2D eigenvalue weighted by atomic mass is 79.9. The summed E-state index contributed by atoms with van der Waals surface area (Å²) in [7, 11) is 1.63. The molecule has 0 radical (unpaired) electrons. The van der Waals surface area contributed by atoms with Crippen LogP contribution in [0, 0.1) is 5.92 Å². The number of ketones is 1. The Hall–Kier alpha value is -0.910. The fourth-order valence-electron chi connectivity index (χ4n) is 2.53. The molecule has 1 aliphatic rings. The number of ether oxygens (including phenoxy) is 2. The molecule has 2 rings (SSSR count). The third-order valence-corrected chi connectivity index (χ3v) is 4.54. The van der Waals surface area contributed by atoms with Gasteiger partial charge in [-0.1, -0.05) is 22.9 Å². The largest absolute Gasteiger partial charge is 0.497 e. The van der Waals surface area contributed by atoms with Crippen molar-refractivity contribution >= 4 is 21.7 Å². The highest BCUT2D eigenvalue weighted by Gasteiger charge is 2.33. The minimum absolute atomic E-state index is 0.0605. The molecule has 1 fully saturated rings. The van der Waals surface area contributed by atoms with Crippen LogP contribution >= 0.6 is 15.9 Å². The van der Waals surface area contributed by atoms with Crippen LogP contribution in [-0.4, -0.2) is 38.7 Å². The van der Waals surface area contributed by atoms with Gasteiger partial charge in [0.15, 0.2) is 0 Å². The van der Waals surface area contributed by atoms with E-state index in [0.717, 1.165) is 28.8 Å². The molecule has 4 nitrogen and oxygen atoms in total. The van der Waals surface area contributed by atoms with Crippen LogP contribution in [0.2, 0.25) is 0 Å². The number of carbonyl (C=O) groups excluding carboxylic acids is 1.